The maximum Gasteiger partial charge on any atom is 0.0948 e. The van der Waals surface area contributed by atoms with Crippen molar-refractivity contribution in [3.05, 3.63) is 18.2 Å². The lowest BCUT2D eigenvalue weighted by atomic mass is 10.1. The van der Waals surface area contributed by atoms with E-state index in [0.29, 0.717) is 5.92 Å². The molecule has 1 aliphatic rings. The molecule has 1 fully saturated rings. The molecule has 0 atom stereocenters. The van der Waals surface area contributed by atoms with Crippen LogP contribution in [0.15, 0.2) is 12.5 Å². The van der Waals surface area contributed by atoms with Crippen molar-refractivity contribution in [2.24, 2.45) is 5.92 Å². The molecule has 0 amide bonds. The van der Waals surface area contributed by atoms with Gasteiger partial charge in [-0.2, -0.15) is 0 Å². The molecule has 1 aliphatic carbocycles. The van der Waals surface area contributed by atoms with E-state index in [4.69, 9.17) is 0 Å². The minimum Gasteiger partial charge on any atom is -0.333 e. The summed E-state index contributed by atoms with van der Waals surface area (Å²) in [6, 6.07) is 0.807. The molecule has 84 valence electrons. The first kappa shape index (κ1) is 10.7. The fourth-order valence-corrected chi connectivity index (χ4v) is 1.81. The van der Waals surface area contributed by atoms with Crippen LogP contribution in [0, 0.1) is 5.92 Å². The smallest absolute Gasteiger partial charge is 0.0948 e. The molecule has 0 bridgehead atoms. The Morgan fingerprint density at radius 2 is 2.33 bits per heavy atom. The minimum absolute atomic E-state index is 0.705. The highest BCUT2D eigenvalue weighted by molar-refractivity contribution is 4.99. The Balaban J connectivity index is 1.80. The molecule has 0 saturated heterocycles. The normalized spacial score (nSPS) is 16.2. The number of hydrogen-bond donors (Lipinski definition) is 1. The molecule has 0 spiro atoms. The number of rotatable bonds is 6. The average molecular weight is 207 g/mol. The Kier molecular flexibility index (Phi) is 3.41. The Morgan fingerprint density at radius 3 is 3.00 bits per heavy atom. The highest BCUT2D eigenvalue weighted by Crippen LogP contribution is 2.18. The summed E-state index contributed by atoms with van der Waals surface area (Å²) in [6.07, 6.45) is 7.80. The predicted molar refractivity (Wildman–Crippen MR) is 61.8 cm³/mol. The molecule has 1 aromatic heterocycles. The molecule has 0 unspecified atom stereocenters. The van der Waals surface area contributed by atoms with Crippen LogP contribution < -0.4 is 5.32 Å². The van der Waals surface area contributed by atoms with Crippen molar-refractivity contribution in [3.8, 4) is 0 Å². The zero-order chi connectivity index (χ0) is 10.7. The number of hydrogen-bond acceptors (Lipinski definition) is 2. The Labute approximate surface area is 91.9 Å². The van der Waals surface area contributed by atoms with Gasteiger partial charge in [-0.3, -0.25) is 0 Å². The number of nitrogens with zero attached hydrogens (tertiary/aromatic N) is 2. The van der Waals surface area contributed by atoms with Crippen molar-refractivity contribution in [2.45, 2.75) is 45.7 Å². The molecular weight excluding hydrogens is 186 g/mol. The van der Waals surface area contributed by atoms with Gasteiger partial charge in [-0.25, -0.2) is 4.98 Å². The van der Waals surface area contributed by atoms with Crippen LogP contribution in [-0.4, -0.2) is 22.1 Å². The van der Waals surface area contributed by atoms with E-state index in [-0.39, 0.29) is 0 Å². The second kappa shape index (κ2) is 4.79. The van der Waals surface area contributed by atoms with Crippen molar-refractivity contribution >= 4 is 0 Å². The summed E-state index contributed by atoms with van der Waals surface area (Å²) in [5, 5.41) is 3.53. The molecule has 0 aliphatic heterocycles. The van der Waals surface area contributed by atoms with Gasteiger partial charge in [0.1, 0.15) is 0 Å². The van der Waals surface area contributed by atoms with E-state index in [1.807, 2.05) is 12.5 Å². The van der Waals surface area contributed by atoms with Gasteiger partial charge in [0.15, 0.2) is 0 Å². The van der Waals surface area contributed by atoms with Gasteiger partial charge in [0.2, 0.25) is 0 Å². The van der Waals surface area contributed by atoms with Crippen LogP contribution in [0.1, 0.15) is 32.4 Å². The molecular formula is C12H21N3. The summed E-state index contributed by atoms with van der Waals surface area (Å²) in [7, 11) is 0. The van der Waals surface area contributed by atoms with Gasteiger partial charge in [0.25, 0.3) is 0 Å². The summed E-state index contributed by atoms with van der Waals surface area (Å²) in [5.74, 6) is 0.705. The summed E-state index contributed by atoms with van der Waals surface area (Å²) < 4.78 is 2.27. The largest absolute Gasteiger partial charge is 0.333 e. The van der Waals surface area contributed by atoms with Gasteiger partial charge < -0.3 is 9.88 Å². The van der Waals surface area contributed by atoms with Crippen LogP contribution in [-0.2, 0) is 13.0 Å². The molecule has 3 nitrogen and oxygen atoms in total. The highest BCUT2D eigenvalue weighted by Gasteiger charge is 2.19. The fourth-order valence-electron chi connectivity index (χ4n) is 1.81. The second-order valence-corrected chi connectivity index (χ2v) is 4.90. The number of imidazole rings is 1. The fraction of sp³-hybridized carbons (Fsp3) is 0.750. The third kappa shape index (κ3) is 3.34. The quantitative estimate of drug-likeness (QED) is 0.771. The zero-order valence-corrected chi connectivity index (χ0v) is 9.74. The molecule has 1 N–H and O–H groups in total. The second-order valence-electron chi connectivity index (χ2n) is 4.90. The van der Waals surface area contributed by atoms with Crippen LogP contribution >= 0.6 is 0 Å². The molecule has 15 heavy (non-hydrogen) atoms. The predicted octanol–water partition coefficient (Wildman–Crippen LogP) is 1.83. The standard InChI is InChI=1S/C12H21N3/c1-10(2)7-12-8-13-9-15(12)6-5-14-11-3-4-11/h8-11,14H,3-7H2,1-2H3. The van der Waals surface area contributed by atoms with E-state index >= 15 is 0 Å². The lowest BCUT2D eigenvalue weighted by molar-refractivity contribution is 0.552. The Morgan fingerprint density at radius 1 is 1.53 bits per heavy atom. The highest BCUT2D eigenvalue weighted by atomic mass is 15.1. The Hall–Kier alpha value is -0.830. The van der Waals surface area contributed by atoms with E-state index in [2.05, 4.69) is 28.7 Å². The molecule has 2 rings (SSSR count). The van der Waals surface area contributed by atoms with Crippen molar-refractivity contribution in [2.75, 3.05) is 6.54 Å². The SMILES string of the molecule is CC(C)Cc1cncn1CCNC1CC1. The molecule has 3 heteroatoms. The van der Waals surface area contributed by atoms with Crippen molar-refractivity contribution in [1.82, 2.24) is 14.9 Å². The van der Waals surface area contributed by atoms with E-state index < -0.39 is 0 Å². The molecule has 1 aromatic rings. The number of aromatic nitrogens is 2. The van der Waals surface area contributed by atoms with E-state index in [9.17, 15) is 0 Å². The summed E-state index contributed by atoms with van der Waals surface area (Å²) in [5.41, 5.74) is 1.36. The maximum absolute atomic E-state index is 4.22. The van der Waals surface area contributed by atoms with Crippen molar-refractivity contribution < 1.29 is 0 Å². The lowest BCUT2D eigenvalue weighted by Gasteiger charge is -2.10. The molecule has 1 heterocycles. The van der Waals surface area contributed by atoms with Gasteiger partial charge in [-0.1, -0.05) is 13.8 Å². The van der Waals surface area contributed by atoms with Gasteiger partial charge >= 0.3 is 0 Å². The zero-order valence-electron chi connectivity index (χ0n) is 9.74. The van der Waals surface area contributed by atoms with Crippen LogP contribution in [0.5, 0.6) is 0 Å². The summed E-state index contributed by atoms with van der Waals surface area (Å²) in [4.78, 5) is 4.22. The van der Waals surface area contributed by atoms with Crippen LogP contribution in [0.25, 0.3) is 0 Å². The molecule has 1 saturated carbocycles. The van der Waals surface area contributed by atoms with Crippen molar-refractivity contribution in [1.29, 1.82) is 0 Å². The average Bonchev–Trinajstić information content (AvgIpc) is 2.89. The van der Waals surface area contributed by atoms with Gasteiger partial charge in [-0.05, 0) is 25.2 Å². The van der Waals surface area contributed by atoms with Gasteiger partial charge in [-0.15, -0.1) is 0 Å². The van der Waals surface area contributed by atoms with Crippen molar-refractivity contribution in [3.63, 3.8) is 0 Å². The van der Waals surface area contributed by atoms with Gasteiger partial charge in [0.05, 0.1) is 6.33 Å². The first-order chi connectivity index (χ1) is 7.25. The summed E-state index contributed by atoms with van der Waals surface area (Å²) >= 11 is 0. The summed E-state index contributed by atoms with van der Waals surface area (Å²) in [6.45, 7) is 6.63. The van der Waals surface area contributed by atoms with E-state index in [1.165, 1.54) is 18.5 Å². The molecule has 0 aromatic carbocycles. The topological polar surface area (TPSA) is 29.9 Å². The van der Waals surface area contributed by atoms with E-state index in [1.54, 1.807) is 0 Å². The first-order valence-corrected chi connectivity index (χ1v) is 5.98. The molecule has 0 radical (unpaired) electrons. The number of nitrogens with one attached hydrogen (secondary N) is 1. The first-order valence-electron chi connectivity index (χ1n) is 5.98. The maximum atomic E-state index is 4.22. The Bertz CT molecular complexity index is 300. The minimum atomic E-state index is 0.705. The van der Waals surface area contributed by atoms with Crippen LogP contribution in [0.4, 0.5) is 0 Å². The van der Waals surface area contributed by atoms with Crippen LogP contribution in [0.2, 0.25) is 0 Å². The lowest BCUT2D eigenvalue weighted by Crippen LogP contribution is -2.22. The third-order valence-corrected chi connectivity index (χ3v) is 2.78. The van der Waals surface area contributed by atoms with E-state index in [0.717, 1.165) is 25.6 Å². The monoisotopic (exact) mass is 207 g/mol. The third-order valence-electron chi connectivity index (χ3n) is 2.78. The van der Waals surface area contributed by atoms with Crippen LogP contribution in [0.3, 0.4) is 0 Å². The van der Waals surface area contributed by atoms with Gasteiger partial charge in [0, 0.05) is 31.0 Å².